The Morgan fingerprint density at radius 3 is 0.939 bits per heavy atom. The summed E-state index contributed by atoms with van der Waals surface area (Å²) < 4.78 is 0. The van der Waals surface area contributed by atoms with Crippen molar-refractivity contribution >= 4 is 5.78 Å². The van der Waals surface area contributed by atoms with Crippen molar-refractivity contribution in [2.45, 2.75) is 257 Å². The Balaban J connectivity index is 1.68. The van der Waals surface area contributed by atoms with Gasteiger partial charge in [0.25, 0.3) is 0 Å². The van der Waals surface area contributed by atoms with Crippen LogP contribution in [-0.4, -0.2) is 5.78 Å². The molecule has 4 aromatic carbocycles. The molecule has 0 aliphatic heterocycles. The van der Waals surface area contributed by atoms with Crippen molar-refractivity contribution < 1.29 is 4.79 Å². The quantitative estimate of drug-likeness (QED) is 0.0363. The van der Waals surface area contributed by atoms with Gasteiger partial charge in [-0.05, 0) is 118 Å². The third-order valence-corrected chi connectivity index (χ3v) is 17.3. The largest absolute Gasteiger partial charge is 0.295 e. The molecule has 3 aliphatic carbocycles. The summed E-state index contributed by atoms with van der Waals surface area (Å²) >= 11 is 0. The molecule has 7 rings (SSSR count). The van der Waals surface area contributed by atoms with E-state index in [4.69, 9.17) is 0 Å². The van der Waals surface area contributed by atoms with E-state index in [1.165, 1.54) is 204 Å². The fourth-order valence-electron chi connectivity index (χ4n) is 14.1. The molecule has 0 saturated heterocycles. The summed E-state index contributed by atoms with van der Waals surface area (Å²) in [7, 11) is 0. The number of Topliss-reactive ketones (excluding diaryl/α,β-unsaturated/α-hetero) is 1. The van der Waals surface area contributed by atoms with Gasteiger partial charge in [0, 0.05) is 21.8 Å². The molecule has 66 heavy (non-hydrogen) atoms. The molecule has 0 spiro atoms. The average molecular weight is 889 g/mol. The SMILES string of the molecule is CCCCCCC1(CCCCCC)c2ccccc2-c2c1c1c(c3c2C(CCCCCC)(CCCCCC)c2cc(C(C)=O)ccc2-3)C(CCCCCC)(CCCCCC)c2ccccc2-1. The number of hydrogen-bond acceptors (Lipinski definition) is 1. The topological polar surface area (TPSA) is 17.1 Å². The smallest absolute Gasteiger partial charge is 0.159 e. The zero-order valence-corrected chi connectivity index (χ0v) is 43.5. The third-order valence-electron chi connectivity index (χ3n) is 17.3. The lowest BCUT2D eigenvalue weighted by Gasteiger charge is -2.39. The second-order valence-electron chi connectivity index (χ2n) is 21.8. The number of fused-ring (bicyclic) bond motifs is 12. The lowest BCUT2D eigenvalue weighted by atomic mass is 9.63. The van der Waals surface area contributed by atoms with Gasteiger partial charge in [-0.25, -0.2) is 0 Å². The zero-order valence-electron chi connectivity index (χ0n) is 43.5. The van der Waals surface area contributed by atoms with Crippen LogP contribution in [0.15, 0.2) is 66.7 Å². The minimum atomic E-state index is -0.144. The van der Waals surface area contributed by atoms with E-state index in [1.807, 2.05) is 0 Å². The van der Waals surface area contributed by atoms with Gasteiger partial charge in [-0.15, -0.1) is 0 Å². The highest BCUT2D eigenvalue weighted by atomic mass is 16.1. The number of ketones is 1. The normalized spacial score (nSPS) is 15.3. The first-order valence-corrected chi connectivity index (χ1v) is 28.5. The fourth-order valence-corrected chi connectivity index (χ4v) is 14.1. The van der Waals surface area contributed by atoms with E-state index < -0.39 is 0 Å². The molecule has 0 unspecified atom stereocenters. The Labute approximate surface area is 405 Å². The van der Waals surface area contributed by atoms with E-state index in [0.717, 1.165) is 5.56 Å². The fraction of sp³-hybridized carbons (Fsp3) is 0.615. The molecule has 0 heterocycles. The molecule has 1 nitrogen and oxygen atoms in total. The lowest BCUT2D eigenvalue weighted by Crippen LogP contribution is -2.31. The molecular formula is C65H92O. The standard InChI is InChI=1S/C65H92O/c1-8-14-20-30-42-63(43-31-21-15-9-2)55-39-29-27-37-52(55)58-60(63)57-51-36-26-28-38-54(51)64(44-32-22-16-10-3,45-33-23-17-11-4)61(57)59-53-41-40-50(49(7)66)48-56(53)65(62(58)59,46-34-24-18-12-5)47-35-25-19-13-6/h26-29,36-41,48H,8-25,30-35,42-47H2,1-7H3. The molecule has 0 saturated carbocycles. The Hall–Kier alpha value is -3.45. The predicted octanol–water partition coefficient (Wildman–Crippen LogP) is 20.5. The van der Waals surface area contributed by atoms with E-state index in [-0.39, 0.29) is 22.0 Å². The van der Waals surface area contributed by atoms with E-state index in [2.05, 4.69) is 108 Å². The summed E-state index contributed by atoms with van der Waals surface area (Å²) in [6.07, 6.45) is 38.0. The van der Waals surface area contributed by atoms with E-state index in [1.54, 1.807) is 62.6 Å². The van der Waals surface area contributed by atoms with Gasteiger partial charge in [-0.2, -0.15) is 0 Å². The Kier molecular flexibility index (Phi) is 18.1. The summed E-state index contributed by atoms with van der Waals surface area (Å²) in [6.45, 7) is 16.1. The van der Waals surface area contributed by atoms with Crippen LogP contribution < -0.4 is 0 Å². The predicted molar refractivity (Wildman–Crippen MR) is 288 cm³/mol. The van der Waals surface area contributed by atoms with Crippen LogP contribution in [0.4, 0.5) is 0 Å². The number of hydrogen-bond donors (Lipinski definition) is 0. The molecule has 358 valence electrons. The van der Waals surface area contributed by atoms with Crippen LogP contribution in [0.1, 0.15) is 285 Å². The minimum absolute atomic E-state index is 0.0321. The van der Waals surface area contributed by atoms with E-state index in [0.29, 0.717) is 0 Å². The van der Waals surface area contributed by atoms with E-state index in [9.17, 15) is 4.79 Å². The van der Waals surface area contributed by atoms with Gasteiger partial charge in [0.15, 0.2) is 5.78 Å². The maximum atomic E-state index is 13.6. The summed E-state index contributed by atoms with van der Waals surface area (Å²) in [4.78, 5) is 13.6. The first-order valence-electron chi connectivity index (χ1n) is 28.5. The molecule has 0 bridgehead atoms. The first-order chi connectivity index (χ1) is 32.4. The van der Waals surface area contributed by atoms with Gasteiger partial charge >= 0.3 is 0 Å². The Morgan fingerprint density at radius 2 is 0.636 bits per heavy atom. The highest BCUT2D eigenvalue weighted by Crippen LogP contribution is 2.71. The lowest BCUT2D eigenvalue weighted by molar-refractivity contribution is 0.101. The summed E-state index contributed by atoms with van der Waals surface area (Å²) in [6, 6.07) is 27.1. The van der Waals surface area contributed by atoms with E-state index >= 15 is 0 Å². The van der Waals surface area contributed by atoms with Crippen LogP contribution >= 0.6 is 0 Å². The van der Waals surface area contributed by atoms with Crippen molar-refractivity contribution in [3.8, 4) is 33.4 Å². The molecule has 0 fully saturated rings. The molecule has 4 aromatic rings. The van der Waals surface area contributed by atoms with Crippen LogP contribution in [-0.2, 0) is 16.2 Å². The van der Waals surface area contributed by atoms with Gasteiger partial charge in [0.05, 0.1) is 0 Å². The number of carbonyl (C=O) groups excluding carboxylic acids is 1. The van der Waals surface area contributed by atoms with Crippen LogP contribution in [0.2, 0.25) is 0 Å². The van der Waals surface area contributed by atoms with Gasteiger partial charge in [-0.3, -0.25) is 4.79 Å². The summed E-state index contributed by atoms with van der Waals surface area (Å²) in [5.74, 6) is 0.201. The van der Waals surface area contributed by atoms with Crippen LogP contribution in [0, 0.1) is 0 Å². The number of unbranched alkanes of at least 4 members (excludes halogenated alkanes) is 18. The summed E-state index contributed by atoms with van der Waals surface area (Å²) in [5, 5.41) is 0. The van der Waals surface area contributed by atoms with Crippen molar-refractivity contribution in [2.24, 2.45) is 0 Å². The van der Waals surface area contributed by atoms with Crippen LogP contribution in [0.3, 0.4) is 0 Å². The maximum Gasteiger partial charge on any atom is 0.159 e. The molecule has 0 atom stereocenters. The highest BCUT2D eigenvalue weighted by Gasteiger charge is 2.57. The highest BCUT2D eigenvalue weighted by molar-refractivity contribution is 6.06. The summed E-state index contributed by atoms with van der Waals surface area (Å²) in [5.41, 5.74) is 20.1. The second kappa shape index (κ2) is 23.7. The van der Waals surface area contributed by atoms with Crippen molar-refractivity contribution in [3.63, 3.8) is 0 Å². The van der Waals surface area contributed by atoms with Gasteiger partial charge < -0.3 is 0 Å². The van der Waals surface area contributed by atoms with Crippen molar-refractivity contribution in [1.82, 2.24) is 0 Å². The van der Waals surface area contributed by atoms with Gasteiger partial charge in [0.1, 0.15) is 0 Å². The number of carbonyl (C=O) groups is 1. The Morgan fingerprint density at radius 1 is 0.348 bits per heavy atom. The number of benzene rings is 4. The molecule has 0 radical (unpaired) electrons. The van der Waals surface area contributed by atoms with Crippen molar-refractivity contribution in [2.75, 3.05) is 0 Å². The Bertz CT molecular complexity index is 2160. The second-order valence-corrected chi connectivity index (χ2v) is 21.8. The number of rotatable bonds is 31. The first kappa shape index (κ1) is 50.4. The third kappa shape index (κ3) is 9.60. The van der Waals surface area contributed by atoms with Crippen LogP contribution in [0.5, 0.6) is 0 Å². The minimum Gasteiger partial charge on any atom is -0.295 e. The van der Waals surface area contributed by atoms with Crippen LogP contribution in [0.25, 0.3) is 33.4 Å². The molecule has 0 amide bonds. The average Bonchev–Trinajstić information content (AvgIpc) is 3.89. The van der Waals surface area contributed by atoms with Crippen molar-refractivity contribution in [1.29, 1.82) is 0 Å². The van der Waals surface area contributed by atoms with Crippen molar-refractivity contribution in [3.05, 3.63) is 106 Å². The molecule has 3 aliphatic rings. The molecule has 0 N–H and O–H groups in total. The zero-order chi connectivity index (χ0) is 46.6. The monoisotopic (exact) mass is 889 g/mol. The molecule has 0 aromatic heterocycles. The van der Waals surface area contributed by atoms with Gasteiger partial charge in [-0.1, -0.05) is 256 Å². The van der Waals surface area contributed by atoms with Gasteiger partial charge in [0.2, 0.25) is 0 Å². The molecular weight excluding hydrogens is 797 g/mol. The molecule has 1 heteroatoms. The maximum absolute atomic E-state index is 13.6.